The molecule has 42 heavy (non-hydrogen) atoms. The summed E-state index contributed by atoms with van der Waals surface area (Å²) in [6.45, 7) is 0.106. The summed E-state index contributed by atoms with van der Waals surface area (Å²) < 4.78 is 70.7. The molecule has 0 bridgehead atoms. The monoisotopic (exact) mass is 618 g/mol. The van der Waals surface area contributed by atoms with Crippen LogP contribution in [-0.4, -0.2) is 18.0 Å². The number of carbonyl (C=O) groups excluding carboxylic acids is 1. The van der Waals surface area contributed by atoms with Crippen molar-refractivity contribution in [1.29, 1.82) is 0 Å². The first-order chi connectivity index (χ1) is 20.0. The fourth-order valence-electron chi connectivity index (χ4n) is 4.81. The molecule has 4 nitrogen and oxygen atoms in total. The lowest BCUT2D eigenvalue weighted by molar-refractivity contribution is -0.274. The lowest BCUT2D eigenvalue weighted by Crippen LogP contribution is -2.32. The molecule has 1 aliphatic heterocycles. The van der Waals surface area contributed by atoms with E-state index in [1.54, 1.807) is 42.5 Å². The maximum atomic E-state index is 14.6. The van der Waals surface area contributed by atoms with Gasteiger partial charge in [-0.15, -0.1) is 13.2 Å². The van der Waals surface area contributed by atoms with Crippen LogP contribution in [0.2, 0.25) is 10.0 Å². The van der Waals surface area contributed by atoms with Crippen LogP contribution in [0.3, 0.4) is 0 Å². The Bertz CT molecular complexity index is 1620. The zero-order valence-corrected chi connectivity index (χ0v) is 23.1. The summed E-state index contributed by atoms with van der Waals surface area (Å²) in [5.74, 6) is -3.07. The summed E-state index contributed by atoms with van der Waals surface area (Å²) in [6, 6.07) is 20.0. The number of rotatable bonds is 7. The highest BCUT2D eigenvalue weighted by Crippen LogP contribution is 2.39. The zero-order chi connectivity index (χ0) is 30.0. The van der Waals surface area contributed by atoms with Crippen molar-refractivity contribution >= 4 is 34.8 Å². The van der Waals surface area contributed by atoms with Crippen molar-refractivity contribution in [3.63, 3.8) is 0 Å². The molecular formula is C31H21Cl2F5N2O2. The van der Waals surface area contributed by atoms with Crippen molar-refractivity contribution in [2.24, 2.45) is 10.9 Å². The number of carbonyl (C=O) groups is 1. The molecule has 0 unspecified atom stereocenters. The van der Waals surface area contributed by atoms with Crippen LogP contribution in [0.5, 0.6) is 5.75 Å². The van der Waals surface area contributed by atoms with Gasteiger partial charge in [0.2, 0.25) is 5.91 Å². The number of ether oxygens (including phenoxy) is 1. The van der Waals surface area contributed by atoms with Crippen LogP contribution in [0.25, 0.3) is 11.1 Å². The largest absolute Gasteiger partial charge is 0.573 e. The van der Waals surface area contributed by atoms with Crippen molar-refractivity contribution in [2.45, 2.75) is 25.4 Å². The van der Waals surface area contributed by atoms with Gasteiger partial charge in [0, 0.05) is 28.7 Å². The molecule has 0 radical (unpaired) electrons. The van der Waals surface area contributed by atoms with Crippen molar-refractivity contribution in [3.05, 3.63) is 123 Å². The molecule has 0 saturated heterocycles. The Morgan fingerprint density at radius 1 is 0.905 bits per heavy atom. The van der Waals surface area contributed by atoms with Crippen LogP contribution >= 0.6 is 23.2 Å². The Kier molecular flexibility index (Phi) is 8.52. The molecule has 1 N–H and O–H groups in total. The maximum Gasteiger partial charge on any atom is 0.573 e. The van der Waals surface area contributed by atoms with Crippen molar-refractivity contribution < 1.29 is 31.5 Å². The van der Waals surface area contributed by atoms with Gasteiger partial charge >= 0.3 is 6.36 Å². The number of halogens is 7. The Morgan fingerprint density at radius 2 is 1.52 bits per heavy atom. The van der Waals surface area contributed by atoms with E-state index < -0.39 is 30.0 Å². The normalized spacial score (nSPS) is 16.7. The van der Waals surface area contributed by atoms with Crippen LogP contribution in [0.4, 0.5) is 22.0 Å². The second kappa shape index (κ2) is 12.1. The number of hydrogen-bond acceptors (Lipinski definition) is 3. The fraction of sp³-hybridized carbons (Fsp3) is 0.161. The van der Waals surface area contributed by atoms with Gasteiger partial charge in [-0.05, 0) is 58.7 Å². The molecule has 4 aromatic carbocycles. The second-order valence-electron chi connectivity index (χ2n) is 9.58. The number of amides is 1. The Balaban J connectivity index is 1.41. The van der Waals surface area contributed by atoms with E-state index in [-0.39, 0.29) is 35.9 Å². The van der Waals surface area contributed by atoms with Gasteiger partial charge in [0.25, 0.3) is 0 Å². The van der Waals surface area contributed by atoms with E-state index in [1.165, 1.54) is 30.3 Å². The van der Waals surface area contributed by atoms with Gasteiger partial charge in [-0.25, -0.2) is 8.78 Å². The number of nitrogens with zero attached hydrogens (tertiary/aromatic N) is 1. The van der Waals surface area contributed by atoms with E-state index in [4.69, 9.17) is 23.2 Å². The average molecular weight is 619 g/mol. The van der Waals surface area contributed by atoms with Crippen LogP contribution in [0.1, 0.15) is 29.2 Å². The zero-order valence-electron chi connectivity index (χ0n) is 21.6. The first-order valence-corrected chi connectivity index (χ1v) is 13.4. The van der Waals surface area contributed by atoms with Gasteiger partial charge in [-0.1, -0.05) is 71.7 Å². The van der Waals surface area contributed by atoms with Gasteiger partial charge in [-0.2, -0.15) is 0 Å². The van der Waals surface area contributed by atoms with E-state index in [0.717, 1.165) is 12.1 Å². The van der Waals surface area contributed by atoms with E-state index >= 15 is 0 Å². The lowest BCUT2D eigenvalue weighted by Gasteiger charge is -2.19. The molecule has 4 aromatic rings. The minimum atomic E-state index is -4.79. The summed E-state index contributed by atoms with van der Waals surface area (Å²) in [4.78, 5) is 18.0. The number of hydrogen-bond donors (Lipinski definition) is 1. The molecule has 11 heteroatoms. The van der Waals surface area contributed by atoms with Crippen molar-refractivity contribution in [1.82, 2.24) is 5.32 Å². The van der Waals surface area contributed by atoms with Crippen LogP contribution in [-0.2, 0) is 11.3 Å². The predicted octanol–water partition coefficient (Wildman–Crippen LogP) is 8.70. The SMILES string of the molecule is O=C(NCc1ccc(Cl)cc1Cl)[C@H]1CC(c2c(F)cccc2F)=N[C@H]1c1ccc(-c2ccc(OC(F)(F)F)cc2)cc1. The van der Waals surface area contributed by atoms with Gasteiger partial charge in [0.15, 0.2) is 0 Å². The Labute approximate surface area is 247 Å². The third-order valence-electron chi connectivity index (χ3n) is 6.82. The standard InChI is InChI=1S/C31H21Cl2F5N2O2/c32-21-11-8-20(24(33)14-21)16-39-30(41)23-15-27(28-25(34)2-1-3-26(28)35)40-29(23)19-6-4-17(5-7-19)18-9-12-22(13-10-18)42-31(36,37)38/h1-14,23,29H,15-16H2,(H,39,41)/t23-,29-/m0/s1. The van der Waals surface area contributed by atoms with Crippen LogP contribution in [0, 0.1) is 17.6 Å². The van der Waals surface area contributed by atoms with Gasteiger partial charge in [0.05, 0.1) is 17.5 Å². The molecule has 0 aromatic heterocycles. The van der Waals surface area contributed by atoms with Crippen molar-refractivity contribution in [2.75, 3.05) is 0 Å². The van der Waals surface area contributed by atoms with Crippen LogP contribution in [0.15, 0.2) is 89.9 Å². The number of nitrogens with one attached hydrogen (secondary N) is 1. The summed E-state index contributed by atoms with van der Waals surface area (Å²) in [6.07, 6.45) is -4.80. The first kappa shape index (κ1) is 29.5. The fourth-order valence-corrected chi connectivity index (χ4v) is 5.29. The Morgan fingerprint density at radius 3 is 2.12 bits per heavy atom. The topological polar surface area (TPSA) is 50.7 Å². The molecule has 0 spiro atoms. The molecule has 1 aliphatic rings. The molecule has 0 aliphatic carbocycles. The smallest absolute Gasteiger partial charge is 0.406 e. The number of alkyl halides is 3. The maximum absolute atomic E-state index is 14.6. The summed E-state index contributed by atoms with van der Waals surface area (Å²) in [5, 5.41) is 3.67. The first-order valence-electron chi connectivity index (χ1n) is 12.7. The van der Waals surface area contributed by atoms with E-state index in [2.05, 4.69) is 15.0 Å². The second-order valence-corrected chi connectivity index (χ2v) is 10.4. The molecule has 216 valence electrons. The van der Waals surface area contributed by atoms with Gasteiger partial charge < -0.3 is 10.1 Å². The highest BCUT2D eigenvalue weighted by Gasteiger charge is 2.38. The molecule has 2 atom stereocenters. The van der Waals surface area contributed by atoms with Crippen LogP contribution < -0.4 is 10.1 Å². The molecule has 0 saturated carbocycles. The summed E-state index contributed by atoms with van der Waals surface area (Å²) >= 11 is 12.2. The molecule has 1 amide bonds. The highest BCUT2D eigenvalue weighted by molar-refractivity contribution is 6.35. The molecule has 0 fully saturated rings. The highest BCUT2D eigenvalue weighted by atomic mass is 35.5. The molecular weight excluding hydrogens is 598 g/mol. The third kappa shape index (κ3) is 6.74. The quantitative estimate of drug-likeness (QED) is 0.211. The van der Waals surface area contributed by atoms with Crippen molar-refractivity contribution in [3.8, 4) is 16.9 Å². The number of aliphatic imine (C=N–C) groups is 1. The minimum absolute atomic E-state index is 0.00881. The van der Waals surface area contributed by atoms with E-state index in [1.807, 2.05) is 0 Å². The summed E-state index contributed by atoms with van der Waals surface area (Å²) in [5.41, 5.74) is 2.43. The van der Waals surface area contributed by atoms with Gasteiger partial charge in [-0.3, -0.25) is 9.79 Å². The van der Waals surface area contributed by atoms with E-state index in [9.17, 15) is 26.7 Å². The van der Waals surface area contributed by atoms with Gasteiger partial charge in [0.1, 0.15) is 17.4 Å². The van der Waals surface area contributed by atoms with E-state index in [0.29, 0.717) is 32.3 Å². The summed E-state index contributed by atoms with van der Waals surface area (Å²) in [7, 11) is 0. The minimum Gasteiger partial charge on any atom is -0.406 e. The molecule has 5 rings (SSSR count). The predicted molar refractivity (Wildman–Crippen MR) is 151 cm³/mol. The average Bonchev–Trinajstić information content (AvgIpc) is 3.37. The molecule has 1 heterocycles. The Hall–Kier alpha value is -3.95. The third-order valence-corrected chi connectivity index (χ3v) is 7.41. The number of benzene rings is 4. The lowest BCUT2D eigenvalue weighted by atomic mass is 9.89.